The summed E-state index contributed by atoms with van der Waals surface area (Å²) >= 11 is 0. The molecule has 248 valence electrons. The van der Waals surface area contributed by atoms with Crippen molar-refractivity contribution >= 4 is 33.6 Å². The van der Waals surface area contributed by atoms with E-state index >= 15 is 0 Å². The van der Waals surface area contributed by atoms with Crippen molar-refractivity contribution in [1.29, 1.82) is 0 Å². The molecule has 0 saturated heterocycles. The Morgan fingerprint density at radius 2 is 1.17 bits per heavy atom. The van der Waals surface area contributed by atoms with Crippen LogP contribution in [0.1, 0.15) is 45.1 Å². The van der Waals surface area contributed by atoms with Gasteiger partial charge in [-0.25, -0.2) is 4.98 Å². The van der Waals surface area contributed by atoms with Crippen molar-refractivity contribution in [2.75, 3.05) is 0 Å². The molecule has 8 aromatic rings. The van der Waals surface area contributed by atoms with Crippen LogP contribution in [0.3, 0.4) is 0 Å². The van der Waals surface area contributed by atoms with Gasteiger partial charge in [0.1, 0.15) is 6.04 Å². The molecule has 2 unspecified atom stereocenters. The molecule has 4 heterocycles. The van der Waals surface area contributed by atoms with E-state index in [-0.39, 0.29) is 12.0 Å². The maximum absolute atomic E-state index is 5.37. The summed E-state index contributed by atoms with van der Waals surface area (Å²) in [6.45, 7) is 0. The average Bonchev–Trinajstić information content (AvgIpc) is 3.54. The zero-order chi connectivity index (χ0) is 34.9. The van der Waals surface area contributed by atoms with Crippen molar-refractivity contribution in [2.24, 2.45) is 10.9 Å². The minimum absolute atomic E-state index is 0.0415. The number of hydrogen-bond donors (Lipinski definition) is 0. The van der Waals surface area contributed by atoms with Gasteiger partial charge < -0.3 is 0 Å². The van der Waals surface area contributed by atoms with Crippen LogP contribution in [0.5, 0.6) is 0 Å². The van der Waals surface area contributed by atoms with Crippen LogP contribution in [0, 0.1) is 5.92 Å². The van der Waals surface area contributed by atoms with E-state index in [9.17, 15) is 0 Å². The predicted molar refractivity (Wildman–Crippen MR) is 215 cm³/mol. The molecule has 3 aliphatic rings. The Bertz CT molecular complexity index is 2830. The summed E-state index contributed by atoms with van der Waals surface area (Å²) in [6, 6.07) is 52.5. The van der Waals surface area contributed by atoms with Gasteiger partial charge >= 0.3 is 0 Å². The SMILES string of the molecule is C1=CC2C=Cc3cccnc3C2N=C1c1cccc(C2(c3cccc(-c4ccc5ccc6cccnc6c5n4)c3)c3ccccc3-c3ccccc32)c1. The molecule has 0 amide bonds. The van der Waals surface area contributed by atoms with Crippen LogP contribution in [0.4, 0.5) is 0 Å². The van der Waals surface area contributed by atoms with Crippen LogP contribution in [0.15, 0.2) is 181 Å². The van der Waals surface area contributed by atoms with E-state index in [2.05, 4.69) is 158 Å². The zero-order valence-corrected chi connectivity index (χ0v) is 28.8. The number of nitrogens with zero attached hydrogens (tertiary/aromatic N) is 4. The number of rotatable bonds is 4. The van der Waals surface area contributed by atoms with Gasteiger partial charge in [-0.2, -0.15) is 0 Å². The molecule has 4 heteroatoms. The lowest BCUT2D eigenvalue weighted by Crippen LogP contribution is -2.29. The first-order chi connectivity index (χ1) is 26.3. The van der Waals surface area contributed by atoms with Gasteiger partial charge in [-0.15, -0.1) is 0 Å². The summed E-state index contributed by atoms with van der Waals surface area (Å²) in [5.41, 5.74) is 15.0. The zero-order valence-electron chi connectivity index (χ0n) is 28.8. The van der Waals surface area contributed by atoms with Gasteiger partial charge in [0, 0.05) is 34.6 Å². The standard InChI is InChI=1S/C49H32N4/c1-3-17-41-39(15-1)40-16-2-4-18-42(40)49(41,37-13-5-9-35(29-37)43-25-23-33-21-19-31-11-7-27-50-45(31)47(33)52-43)38-14-6-10-36(30-38)44-26-24-34-22-20-32-12-8-28-51-46(32)48(34)53-44/h1-30,33,47H. The molecule has 2 atom stereocenters. The molecule has 3 aromatic heterocycles. The van der Waals surface area contributed by atoms with Crippen LogP contribution in [-0.2, 0) is 5.41 Å². The van der Waals surface area contributed by atoms with Gasteiger partial charge in [-0.1, -0.05) is 133 Å². The summed E-state index contributed by atoms with van der Waals surface area (Å²) in [5, 5.41) is 2.17. The molecule has 0 radical (unpaired) electrons. The van der Waals surface area contributed by atoms with Crippen molar-refractivity contribution in [3.05, 3.63) is 215 Å². The van der Waals surface area contributed by atoms with Crippen LogP contribution in [-0.4, -0.2) is 20.7 Å². The molecule has 0 N–H and O–H groups in total. The summed E-state index contributed by atoms with van der Waals surface area (Å²) in [5.74, 6) is 0.199. The fraction of sp³-hybridized carbons (Fsp3) is 0.0612. The highest BCUT2D eigenvalue weighted by molar-refractivity contribution is 6.10. The second-order valence-corrected chi connectivity index (χ2v) is 14.1. The van der Waals surface area contributed by atoms with Crippen LogP contribution < -0.4 is 0 Å². The molecule has 1 aliphatic heterocycles. The first-order valence-corrected chi connectivity index (χ1v) is 18.2. The molecule has 5 aromatic carbocycles. The molecule has 53 heavy (non-hydrogen) atoms. The van der Waals surface area contributed by atoms with Gasteiger partial charge in [0.15, 0.2) is 0 Å². The molecular weight excluding hydrogens is 645 g/mol. The van der Waals surface area contributed by atoms with Gasteiger partial charge in [0.05, 0.1) is 33.5 Å². The normalized spacial score (nSPS) is 17.5. The third kappa shape index (κ3) is 4.49. The highest BCUT2D eigenvalue weighted by atomic mass is 14.9. The lowest BCUT2D eigenvalue weighted by Gasteiger charge is -2.34. The fourth-order valence-electron chi connectivity index (χ4n) is 8.93. The van der Waals surface area contributed by atoms with Crippen molar-refractivity contribution in [2.45, 2.75) is 11.5 Å². The molecular formula is C49H32N4. The summed E-state index contributed by atoms with van der Waals surface area (Å²) in [4.78, 5) is 20.1. The highest BCUT2D eigenvalue weighted by Crippen LogP contribution is 2.56. The van der Waals surface area contributed by atoms with Crippen molar-refractivity contribution < 1.29 is 0 Å². The van der Waals surface area contributed by atoms with E-state index in [4.69, 9.17) is 19.9 Å². The number of aliphatic imine (C=N–C) groups is 1. The number of fused-ring (bicyclic) bond motifs is 9. The third-order valence-corrected chi connectivity index (χ3v) is 11.3. The Kier molecular flexibility index (Phi) is 6.56. The minimum Gasteiger partial charge on any atom is -0.274 e. The van der Waals surface area contributed by atoms with E-state index in [0.717, 1.165) is 55.6 Å². The van der Waals surface area contributed by atoms with Crippen molar-refractivity contribution in [3.8, 4) is 22.4 Å². The van der Waals surface area contributed by atoms with Gasteiger partial charge in [-0.05, 0) is 80.9 Å². The Morgan fingerprint density at radius 1 is 0.509 bits per heavy atom. The smallest absolute Gasteiger partial charge is 0.103 e. The maximum atomic E-state index is 5.37. The quantitative estimate of drug-likeness (QED) is 0.174. The molecule has 0 spiro atoms. The third-order valence-electron chi connectivity index (χ3n) is 11.3. The summed E-state index contributed by atoms with van der Waals surface area (Å²) < 4.78 is 0. The van der Waals surface area contributed by atoms with Gasteiger partial charge in [0.25, 0.3) is 0 Å². The molecule has 11 rings (SSSR count). The van der Waals surface area contributed by atoms with E-state index in [0.29, 0.717) is 0 Å². The van der Waals surface area contributed by atoms with Crippen molar-refractivity contribution in [3.63, 3.8) is 0 Å². The summed E-state index contributed by atoms with van der Waals surface area (Å²) in [7, 11) is 0. The molecule has 0 saturated carbocycles. The van der Waals surface area contributed by atoms with Crippen LogP contribution in [0.25, 0.3) is 50.3 Å². The van der Waals surface area contributed by atoms with E-state index in [1.54, 1.807) is 0 Å². The number of hydrogen-bond acceptors (Lipinski definition) is 4. The van der Waals surface area contributed by atoms with Crippen molar-refractivity contribution in [1.82, 2.24) is 15.0 Å². The molecule has 0 bridgehead atoms. The second kappa shape index (κ2) is 11.6. The van der Waals surface area contributed by atoms with E-state index in [1.165, 1.54) is 33.4 Å². The number of allylic oxidation sites excluding steroid dienone is 1. The molecule has 2 aliphatic carbocycles. The monoisotopic (exact) mass is 676 g/mol. The Labute approximate surface area is 307 Å². The average molecular weight is 677 g/mol. The number of pyridine rings is 3. The lowest BCUT2D eigenvalue weighted by molar-refractivity contribution is 0.591. The lowest BCUT2D eigenvalue weighted by atomic mass is 9.67. The predicted octanol–water partition coefficient (Wildman–Crippen LogP) is 11.0. The fourth-order valence-corrected chi connectivity index (χ4v) is 8.93. The maximum Gasteiger partial charge on any atom is 0.103 e. The van der Waals surface area contributed by atoms with Gasteiger partial charge in [0.2, 0.25) is 0 Å². The topological polar surface area (TPSA) is 51.0 Å². The summed E-state index contributed by atoms with van der Waals surface area (Å²) in [6.07, 6.45) is 12.6. The number of dihydropyridines is 1. The number of aromatic nitrogens is 3. The molecule has 0 fully saturated rings. The Hall–Kier alpha value is -6.78. The van der Waals surface area contributed by atoms with E-state index < -0.39 is 5.41 Å². The van der Waals surface area contributed by atoms with Gasteiger partial charge in [-0.3, -0.25) is 15.0 Å². The second-order valence-electron chi connectivity index (χ2n) is 14.1. The van der Waals surface area contributed by atoms with Crippen LogP contribution >= 0.6 is 0 Å². The Morgan fingerprint density at radius 3 is 1.98 bits per heavy atom. The molecule has 4 nitrogen and oxygen atoms in total. The largest absolute Gasteiger partial charge is 0.274 e. The van der Waals surface area contributed by atoms with E-state index in [1.807, 2.05) is 24.5 Å². The minimum atomic E-state index is -0.576. The highest BCUT2D eigenvalue weighted by Gasteiger charge is 2.46. The Balaban J connectivity index is 1.11. The number of benzene rings is 5. The van der Waals surface area contributed by atoms with Crippen LogP contribution in [0.2, 0.25) is 0 Å². The first-order valence-electron chi connectivity index (χ1n) is 18.2. The first kappa shape index (κ1) is 29.9.